The summed E-state index contributed by atoms with van der Waals surface area (Å²) in [7, 11) is 0. The van der Waals surface area contributed by atoms with Gasteiger partial charge in [0.25, 0.3) is 11.8 Å². The summed E-state index contributed by atoms with van der Waals surface area (Å²) in [6, 6.07) is -3.51. The van der Waals surface area contributed by atoms with E-state index in [0.29, 0.717) is 0 Å². The van der Waals surface area contributed by atoms with Crippen molar-refractivity contribution >= 4 is 29.9 Å². The second kappa shape index (κ2) is 7.46. The molecular weight excluding hydrogens is 268 g/mol. The number of imide groups is 4. The summed E-state index contributed by atoms with van der Waals surface area (Å²) in [6.07, 6.45) is 0. The molecule has 9 heteroatoms. The van der Waals surface area contributed by atoms with Crippen molar-refractivity contribution in [3.05, 3.63) is 24.3 Å². The Morgan fingerprint density at radius 2 is 0.850 bits per heavy atom. The fourth-order valence-corrected chi connectivity index (χ4v) is 0.720. The van der Waals surface area contributed by atoms with E-state index in [4.69, 9.17) is 0 Å². The van der Waals surface area contributed by atoms with Gasteiger partial charge < -0.3 is 0 Å². The molecule has 0 rings (SSSR count). The molecule has 4 N–H and O–H groups in total. The predicted molar refractivity (Wildman–Crippen MR) is 68.4 cm³/mol. The van der Waals surface area contributed by atoms with Gasteiger partial charge in [-0.3, -0.25) is 30.9 Å². The first-order valence-electron chi connectivity index (χ1n) is 5.23. The summed E-state index contributed by atoms with van der Waals surface area (Å²) in [4.78, 5) is 55.5. The quantitative estimate of drug-likeness (QED) is 0.525. The number of carbonyl (C=O) groups excluding carboxylic acids is 5. The molecule has 0 aliphatic carbocycles. The second-order valence-corrected chi connectivity index (χ2v) is 3.71. The first-order chi connectivity index (χ1) is 9.13. The van der Waals surface area contributed by atoms with Crippen molar-refractivity contribution in [2.24, 2.45) is 0 Å². The van der Waals surface area contributed by atoms with Crippen LogP contribution >= 0.6 is 0 Å². The summed E-state index contributed by atoms with van der Waals surface area (Å²) >= 11 is 0. The molecule has 0 atom stereocenters. The Morgan fingerprint density at radius 3 is 1.10 bits per heavy atom. The van der Waals surface area contributed by atoms with E-state index >= 15 is 0 Å². The van der Waals surface area contributed by atoms with Gasteiger partial charge >= 0.3 is 18.1 Å². The average molecular weight is 282 g/mol. The smallest absolute Gasteiger partial charge is 0.274 e. The van der Waals surface area contributed by atoms with Crippen LogP contribution in [0, 0.1) is 0 Å². The van der Waals surface area contributed by atoms with Crippen LogP contribution in [-0.2, 0) is 9.59 Å². The number of urea groups is 3. The summed E-state index contributed by atoms with van der Waals surface area (Å²) < 4.78 is 0. The number of hydrogen-bond acceptors (Lipinski definition) is 5. The average Bonchev–Trinajstić information content (AvgIpc) is 2.27. The van der Waals surface area contributed by atoms with Crippen LogP contribution in [0.3, 0.4) is 0 Å². The maximum atomic E-state index is 11.2. The molecule has 0 radical (unpaired) electrons. The summed E-state index contributed by atoms with van der Waals surface area (Å²) in [5.41, 5.74) is 0.121. The highest BCUT2D eigenvalue weighted by Crippen LogP contribution is 1.86. The summed E-state index contributed by atoms with van der Waals surface area (Å²) in [6.45, 7) is 9.29. The standard InChI is InChI=1S/C11H14N4O5/c1-5(2)7(16)12-9(18)14-11(20)15-10(19)13-8(17)6(3)4/h1,3H2,2,4H3,(H4,12,13,14,15,16,17,18,19,20). The number of hydrogen-bond donors (Lipinski definition) is 4. The van der Waals surface area contributed by atoms with E-state index in [9.17, 15) is 24.0 Å². The number of amides is 8. The predicted octanol–water partition coefficient (Wildman–Crippen LogP) is -0.0898. The Balaban J connectivity index is 4.23. The van der Waals surface area contributed by atoms with Crippen molar-refractivity contribution in [2.75, 3.05) is 0 Å². The van der Waals surface area contributed by atoms with Gasteiger partial charge in [0.2, 0.25) is 0 Å². The second-order valence-electron chi connectivity index (χ2n) is 3.71. The molecule has 0 spiro atoms. The maximum Gasteiger partial charge on any atom is 0.330 e. The largest absolute Gasteiger partial charge is 0.330 e. The third kappa shape index (κ3) is 6.69. The van der Waals surface area contributed by atoms with Gasteiger partial charge in [-0.05, 0) is 13.8 Å². The first kappa shape index (κ1) is 17.0. The van der Waals surface area contributed by atoms with Gasteiger partial charge in [-0.25, -0.2) is 14.4 Å². The van der Waals surface area contributed by atoms with Crippen LogP contribution < -0.4 is 21.3 Å². The van der Waals surface area contributed by atoms with Crippen LogP contribution in [0.15, 0.2) is 24.3 Å². The molecular formula is C11H14N4O5. The lowest BCUT2D eigenvalue weighted by Gasteiger charge is -2.07. The minimum atomic E-state index is -1.22. The minimum absolute atomic E-state index is 0.0605. The Hall–Kier alpha value is -2.97. The van der Waals surface area contributed by atoms with Crippen molar-refractivity contribution in [2.45, 2.75) is 13.8 Å². The minimum Gasteiger partial charge on any atom is -0.274 e. The Kier molecular flexibility index (Phi) is 6.35. The van der Waals surface area contributed by atoms with Crippen LogP contribution in [0.5, 0.6) is 0 Å². The van der Waals surface area contributed by atoms with Gasteiger partial charge in [-0.15, -0.1) is 0 Å². The maximum absolute atomic E-state index is 11.2. The fourth-order valence-electron chi connectivity index (χ4n) is 0.720. The molecule has 0 aliphatic heterocycles. The Bertz CT molecular complexity index is 465. The SMILES string of the molecule is C=C(C)C(=O)NC(=O)NC(=O)NC(=O)NC(=O)C(=C)C. The normalized spacial score (nSPS) is 8.90. The molecule has 0 aliphatic rings. The van der Waals surface area contributed by atoms with Crippen molar-refractivity contribution < 1.29 is 24.0 Å². The lowest BCUT2D eigenvalue weighted by atomic mass is 10.3. The van der Waals surface area contributed by atoms with Gasteiger partial charge in [-0.2, -0.15) is 0 Å². The number of carbonyl (C=O) groups is 5. The highest BCUT2D eigenvalue weighted by molar-refractivity contribution is 6.11. The molecule has 0 saturated heterocycles. The number of rotatable bonds is 2. The van der Waals surface area contributed by atoms with Crippen LogP contribution in [0.25, 0.3) is 0 Å². The molecule has 8 amide bonds. The van der Waals surface area contributed by atoms with E-state index in [1.54, 1.807) is 21.3 Å². The van der Waals surface area contributed by atoms with Crippen LogP contribution in [0.4, 0.5) is 14.4 Å². The molecule has 108 valence electrons. The molecule has 0 aromatic rings. The molecule has 0 saturated carbocycles. The molecule has 0 aromatic heterocycles. The zero-order valence-corrected chi connectivity index (χ0v) is 11.0. The van der Waals surface area contributed by atoms with E-state index < -0.39 is 29.9 Å². The highest BCUT2D eigenvalue weighted by atomic mass is 16.2. The molecule has 0 heterocycles. The van der Waals surface area contributed by atoms with E-state index in [-0.39, 0.29) is 11.1 Å². The Morgan fingerprint density at radius 1 is 0.600 bits per heavy atom. The van der Waals surface area contributed by atoms with Gasteiger partial charge in [0.15, 0.2) is 0 Å². The van der Waals surface area contributed by atoms with Crippen molar-refractivity contribution in [1.29, 1.82) is 0 Å². The molecule has 20 heavy (non-hydrogen) atoms. The molecule has 9 nitrogen and oxygen atoms in total. The van der Waals surface area contributed by atoms with Crippen LogP contribution in [0.2, 0.25) is 0 Å². The van der Waals surface area contributed by atoms with Crippen LogP contribution in [0.1, 0.15) is 13.8 Å². The first-order valence-corrected chi connectivity index (χ1v) is 5.23. The topological polar surface area (TPSA) is 133 Å². The molecule has 0 unspecified atom stereocenters. The van der Waals surface area contributed by atoms with Crippen molar-refractivity contribution in [1.82, 2.24) is 21.3 Å². The van der Waals surface area contributed by atoms with Crippen LogP contribution in [-0.4, -0.2) is 29.9 Å². The lowest BCUT2D eigenvalue weighted by molar-refractivity contribution is -0.117. The lowest BCUT2D eigenvalue weighted by Crippen LogP contribution is -2.51. The summed E-state index contributed by atoms with van der Waals surface area (Å²) in [5.74, 6) is -1.56. The monoisotopic (exact) mass is 282 g/mol. The zero-order chi connectivity index (χ0) is 15.9. The highest BCUT2D eigenvalue weighted by Gasteiger charge is 2.15. The van der Waals surface area contributed by atoms with Gasteiger partial charge in [0.05, 0.1) is 0 Å². The molecule has 0 fully saturated rings. The van der Waals surface area contributed by atoms with Gasteiger partial charge in [-0.1, -0.05) is 13.2 Å². The Labute approximate surface area is 114 Å². The third-order valence-electron chi connectivity index (χ3n) is 1.68. The fraction of sp³-hybridized carbons (Fsp3) is 0.182. The van der Waals surface area contributed by atoms with Gasteiger partial charge in [0.1, 0.15) is 0 Å². The van der Waals surface area contributed by atoms with E-state index in [1.807, 2.05) is 0 Å². The van der Waals surface area contributed by atoms with E-state index in [2.05, 4.69) is 13.2 Å². The molecule has 0 bridgehead atoms. The number of nitrogens with one attached hydrogen (secondary N) is 4. The van der Waals surface area contributed by atoms with E-state index in [0.717, 1.165) is 0 Å². The van der Waals surface area contributed by atoms with Crippen molar-refractivity contribution in [3.63, 3.8) is 0 Å². The molecule has 0 aromatic carbocycles. The third-order valence-corrected chi connectivity index (χ3v) is 1.68. The summed E-state index contributed by atoms with van der Waals surface area (Å²) in [5, 5.41) is 6.85. The zero-order valence-electron chi connectivity index (χ0n) is 11.0. The van der Waals surface area contributed by atoms with E-state index in [1.165, 1.54) is 13.8 Å². The van der Waals surface area contributed by atoms with Gasteiger partial charge in [0, 0.05) is 11.1 Å². The van der Waals surface area contributed by atoms with Crippen molar-refractivity contribution in [3.8, 4) is 0 Å².